The summed E-state index contributed by atoms with van der Waals surface area (Å²) in [6, 6.07) is 11.1. The number of aliphatic hydroxyl groups excluding tert-OH is 2. The Morgan fingerprint density at radius 3 is 0.935 bits per heavy atom. The van der Waals surface area contributed by atoms with Gasteiger partial charge >= 0.3 is 18.9 Å². The zero-order valence-corrected chi connectivity index (χ0v) is 101. The number of halogens is 1. The number of fused-ring (bicyclic) bond motifs is 4. The maximum Gasteiger partial charge on any atom is 1.00 e. The Bertz CT molecular complexity index is 3730. The molecule has 13 heteroatoms. The number of Topliss-reactive ketones (excluding diaryl/α,β-unsaturated/α-hetero) is 2. The molecule has 794 valence electrons. The summed E-state index contributed by atoms with van der Waals surface area (Å²) in [4.78, 5) is 24.6. The van der Waals surface area contributed by atoms with Gasteiger partial charge in [0, 0.05) is 24.7 Å². The van der Waals surface area contributed by atoms with Crippen molar-refractivity contribution in [2.24, 2.45) is 116 Å². The van der Waals surface area contributed by atoms with Gasteiger partial charge in [0.15, 0.2) is 24.0 Å². The molecule has 0 aromatic heterocycles. The van der Waals surface area contributed by atoms with Crippen molar-refractivity contribution in [2.75, 3.05) is 0 Å². The minimum atomic E-state index is -1.55. The van der Waals surface area contributed by atoms with E-state index in [4.69, 9.17) is 19.9 Å². The van der Waals surface area contributed by atoms with Gasteiger partial charge in [0.1, 0.15) is 11.6 Å². The number of aliphatic hydroxyl groups is 4. The number of unbranched alkanes of at least 4 members (excludes halogenated alkanes) is 1. The predicted molar refractivity (Wildman–Crippen MR) is 605 cm³/mol. The molecule has 0 aliphatic heterocycles. The number of carbonyl (C=O) groups excluding carboxylic acids is 2. The van der Waals surface area contributed by atoms with Gasteiger partial charge in [0.2, 0.25) is 0 Å². The van der Waals surface area contributed by atoms with E-state index < -0.39 is 47.4 Å². The van der Waals surface area contributed by atoms with E-state index in [2.05, 4.69) is 244 Å². The average molecular weight is 1980 g/mol. The second-order valence-electron chi connectivity index (χ2n) is 51.4. The van der Waals surface area contributed by atoms with Crippen molar-refractivity contribution < 1.29 is 57.7 Å². The van der Waals surface area contributed by atoms with Crippen molar-refractivity contribution in [3.05, 3.63) is 102 Å². The summed E-state index contributed by atoms with van der Waals surface area (Å²) < 4.78 is 13.7. The summed E-state index contributed by atoms with van der Waals surface area (Å²) in [5.74, 6) is 12.0. The van der Waals surface area contributed by atoms with Crippen LogP contribution < -0.4 is 18.9 Å². The van der Waals surface area contributed by atoms with Crippen molar-refractivity contribution in [3.63, 3.8) is 0 Å². The van der Waals surface area contributed by atoms with E-state index in [-0.39, 0.29) is 40.9 Å². The molecule has 11 aliphatic carbocycles. The number of rotatable bonds is 36. The van der Waals surface area contributed by atoms with Crippen molar-refractivity contribution in [1.29, 1.82) is 0 Å². The molecule has 138 heavy (non-hydrogen) atoms. The van der Waals surface area contributed by atoms with Gasteiger partial charge in [-0.25, -0.2) is 0 Å². The van der Waals surface area contributed by atoms with E-state index in [0.29, 0.717) is 100.0 Å². The molecular formula is C125H226ClLiO8Si3. The topological polar surface area (TPSA) is 134 Å². The number of ketones is 2. The molecule has 0 amide bonds. The van der Waals surface area contributed by atoms with Crippen LogP contribution in [0.5, 0.6) is 0 Å². The second kappa shape index (κ2) is 58.7. The average Bonchev–Trinajstić information content (AvgIpc) is 1.63. The van der Waals surface area contributed by atoms with Gasteiger partial charge in [-0.05, 0) is 407 Å². The molecule has 0 saturated heterocycles. The first-order valence-electron chi connectivity index (χ1n) is 58.2. The maximum absolute atomic E-state index is 12.4. The maximum atomic E-state index is 12.4. The van der Waals surface area contributed by atoms with Gasteiger partial charge < -0.3 is 36.2 Å². The second-order valence-corrected chi connectivity index (χ2v) is 67.6. The molecule has 4 N–H and O–H groups in total. The Hall–Kier alpha value is -1.44. The fourth-order valence-corrected chi connectivity index (χ4v) is 37.6. The minimum Gasteiger partial charge on any atom is -0.412 e. The van der Waals surface area contributed by atoms with Crippen LogP contribution in [-0.2, 0) is 18.4 Å². The Labute approximate surface area is 876 Å². The van der Waals surface area contributed by atoms with Crippen LogP contribution in [0.2, 0.25) is 54.4 Å². The van der Waals surface area contributed by atoms with Crippen molar-refractivity contribution in [2.45, 2.75) is 560 Å². The van der Waals surface area contributed by atoms with E-state index in [1.807, 2.05) is 27.7 Å². The van der Waals surface area contributed by atoms with Crippen LogP contribution in [-0.4, -0.2) is 90.6 Å². The van der Waals surface area contributed by atoms with Crippen LogP contribution in [0.15, 0.2) is 94.7 Å². The summed E-state index contributed by atoms with van der Waals surface area (Å²) >= 11 is 6.23. The first-order valence-corrected chi connectivity index (χ1v) is 66.9. The molecular weight excluding hydrogens is 1760 g/mol. The SMILES string of the molecule is C=C1[C@H](C)CC(=C/C=C2\CCC[C@@]3(C)C2CCC3[C@@H](C)CCCC(C)(C)O[Si](CC)(CC)CC)C[C@H]1C.C=C1[C@H](C)CC(=CC)C[C@H]1C.C=C1[C@H](O)CC(=C/C=C2\CCC[C@@]3(C)C2CCC3[C@@H](C)CCCC(C)(C)O)C[C@H]1O.CC[Si](CC)(CC)OC(C)(C)CCC[C@H](C)C1CC[C@H]2C(=O)CCC[C@]12C.CC[Si](Cl)(CC)CC.C[C@@H](CCCC(C)(C)O)C1CC[C@H]2C(=O)CCC[C@]12C.[CH2-]CCC.[Li+]. The standard InChI is InChI=1S/C35H62OSi.C27H44O3.C24H46O2Si.C18H32O2.C11H18.C6H15ClSi.C4H9.Li/c1-11-37(12-2,13-3)36-34(8,9)22-14-16-26(4)32-20-21-33-31(17-15-23-35(32,33)10)19-18-30-24-27(5)29(7)28(6)25-30;1-18(8-6-14-26(3,4)30)22-12-13-23-21(9-7-15-27(22,23)5)11-10-20-16-24(28)19(2)25(29)17-20;1-8-27(9-2,10-3)26-23(5,6)17-11-13-19(4)20-15-16-21-22(25)14-12-18-24(20,21)7;1-13(7-5-11-17(2,3)20)14-9-10-15-16(19)8-6-12-18(14,15)4;1-5-11-6-8(2)10(4)9(3)7-11;1-4-8(7,5-2)6-3;1-3-4-2;/h18-19,26-28,32-33H,7,11-17,20-25H2,1-6,8-10H3;10-11,18,22-25,28-30H,2,6-9,12-17H2,1,3-5H3;19-21H,8-18H2,1-7H3;13-15,20H,5-12H2,1-4H3;5,8-9H,4,6-7H2,1-3H3;4-6H2,1-3H3;1,3-4H2,2H3;/q;;;;;;-1;+1/b31-19+;21-11+;;;;;;/t26-,27+,28+,32?,33?,35+;18-,22?,23?,24+,25+,27+;19-,20?,21-,24+;13-,14?,15-,18+;8-,9-;;;/m00001.../s1. The predicted octanol–water partition coefficient (Wildman–Crippen LogP) is 34.1. The zero-order chi connectivity index (χ0) is 103. The Morgan fingerprint density at radius 1 is 0.413 bits per heavy atom. The Morgan fingerprint density at radius 2 is 0.674 bits per heavy atom. The third-order valence-electron chi connectivity index (χ3n) is 39.6. The summed E-state index contributed by atoms with van der Waals surface area (Å²) in [7, 11) is -4.28. The molecule has 6 unspecified atom stereocenters. The van der Waals surface area contributed by atoms with E-state index in [1.54, 1.807) is 22.3 Å². The van der Waals surface area contributed by atoms with Crippen molar-refractivity contribution in [1.82, 2.24) is 0 Å². The molecule has 0 aromatic rings. The number of carbonyl (C=O) groups is 2. The molecule has 0 spiro atoms. The fraction of sp³-hybridized carbons (Fsp3) is 0.848. The van der Waals surface area contributed by atoms with Gasteiger partial charge in [-0.15, -0.1) is 0 Å². The third-order valence-corrected chi connectivity index (χ3v) is 55.5. The summed E-state index contributed by atoms with van der Waals surface area (Å²) in [6.07, 6.45) is 57.5. The minimum absolute atomic E-state index is 0. The van der Waals surface area contributed by atoms with E-state index in [0.717, 1.165) is 118 Å². The molecule has 22 atom stereocenters. The number of hydrogen-bond acceptors (Lipinski definition) is 8. The van der Waals surface area contributed by atoms with Crippen LogP contribution in [0.3, 0.4) is 0 Å². The van der Waals surface area contributed by atoms with Crippen LogP contribution in [0.4, 0.5) is 0 Å². The van der Waals surface area contributed by atoms with Gasteiger partial charge in [0.05, 0.1) is 34.6 Å². The van der Waals surface area contributed by atoms with E-state index in [1.165, 1.54) is 232 Å². The molecule has 11 aliphatic rings. The van der Waals surface area contributed by atoms with Crippen molar-refractivity contribution in [3.8, 4) is 0 Å². The molecule has 11 fully saturated rings. The van der Waals surface area contributed by atoms with Crippen molar-refractivity contribution >= 4 is 46.7 Å². The van der Waals surface area contributed by atoms with Gasteiger partial charge in [-0.3, -0.25) is 9.59 Å². The van der Waals surface area contributed by atoms with Gasteiger partial charge in [0.25, 0.3) is 0 Å². The molecule has 0 aromatic carbocycles. The summed E-state index contributed by atoms with van der Waals surface area (Å²) in [6.45, 7) is 86.8. The van der Waals surface area contributed by atoms with Crippen LogP contribution in [0.25, 0.3) is 0 Å². The Balaban J connectivity index is 0.000000360. The number of hydrogen-bond donors (Lipinski definition) is 4. The third kappa shape index (κ3) is 37.0. The normalized spacial score (nSPS) is 31.6. The van der Waals surface area contributed by atoms with Crippen LogP contribution >= 0.6 is 11.1 Å². The smallest absolute Gasteiger partial charge is 0.412 e. The van der Waals surface area contributed by atoms with E-state index >= 15 is 0 Å². The molecule has 0 bridgehead atoms. The van der Waals surface area contributed by atoms with Crippen LogP contribution in [0.1, 0.15) is 471 Å². The molecule has 11 saturated carbocycles. The summed E-state index contributed by atoms with van der Waals surface area (Å²) in [5, 5.41) is 40.1. The number of allylic oxidation sites excluding steroid dienone is 11. The quantitative estimate of drug-likeness (QED) is 0.0211. The molecule has 0 heterocycles. The monoisotopic (exact) mass is 1980 g/mol. The first-order chi connectivity index (χ1) is 64.0. The largest absolute Gasteiger partial charge is 1.00 e. The fourth-order valence-electron chi connectivity index (χ4n) is 29.7. The van der Waals surface area contributed by atoms with Gasteiger partial charge in [-0.2, -0.15) is 17.5 Å². The van der Waals surface area contributed by atoms with Gasteiger partial charge in [-0.1, -0.05) is 299 Å². The molecule has 8 nitrogen and oxygen atoms in total. The molecule has 0 radical (unpaired) electrons. The summed E-state index contributed by atoms with van der Waals surface area (Å²) in [5.41, 5.74) is 11.6. The van der Waals surface area contributed by atoms with E-state index in [9.17, 15) is 30.0 Å². The Kier molecular flexibility index (Phi) is 54.8. The van der Waals surface area contributed by atoms with Crippen LogP contribution in [0, 0.1) is 123 Å². The zero-order valence-electron chi connectivity index (χ0n) is 97.1. The first kappa shape index (κ1) is 129. The molecule has 11 rings (SSSR count).